The Morgan fingerprint density at radius 2 is 1.68 bits per heavy atom. The van der Waals surface area contributed by atoms with Crippen LogP contribution in [0.1, 0.15) is 33.8 Å². The first-order valence-corrected chi connectivity index (χ1v) is 13.2. The number of halogens is 2. The van der Waals surface area contributed by atoms with E-state index in [9.17, 15) is 14.7 Å². The van der Waals surface area contributed by atoms with Crippen molar-refractivity contribution in [1.29, 1.82) is 0 Å². The molecule has 1 atom stereocenters. The molecule has 1 N–H and O–H groups in total. The number of carbonyl (C=O) groups excluding carboxylic acids is 2. The van der Waals surface area contributed by atoms with E-state index < -0.39 is 11.9 Å². The first kappa shape index (κ1) is 30.0. The summed E-state index contributed by atoms with van der Waals surface area (Å²) in [5.41, 5.74) is 4.04. The van der Waals surface area contributed by atoms with Gasteiger partial charge in [-0.1, -0.05) is 65.7 Å². The van der Waals surface area contributed by atoms with Crippen molar-refractivity contribution in [1.82, 2.24) is 5.32 Å². The van der Waals surface area contributed by atoms with Gasteiger partial charge in [0, 0.05) is 40.6 Å². The van der Waals surface area contributed by atoms with E-state index in [4.69, 9.17) is 32.7 Å². The number of nitrogens with one attached hydrogen (secondary N) is 1. The van der Waals surface area contributed by atoms with Crippen LogP contribution in [0.25, 0.3) is 11.1 Å². The summed E-state index contributed by atoms with van der Waals surface area (Å²) in [6.07, 6.45) is 0.918. The molecule has 5 rings (SSSR count). The fourth-order valence-corrected chi connectivity index (χ4v) is 4.97. The minimum atomic E-state index is -1.16. The monoisotopic (exact) mass is 583 g/mol. The Morgan fingerprint density at radius 3 is 2.38 bits per heavy atom. The Bertz CT molecular complexity index is 1510. The zero-order valence-corrected chi connectivity index (χ0v) is 25.3. The van der Waals surface area contributed by atoms with E-state index >= 15 is 0 Å². The largest absolute Gasteiger partial charge is 1.00 e. The molecule has 198 valence electrons. The summed E-state index contributed by atoms with van der Waals surface area (Å²) < 4.78 is 11.5. The molecule has 0 saturated carbocycles. The van der Waals surface area contributed by atoms with Crippen LogP contribution in [0.5, 0.6) is 17.2 Å². The van der Waals surface area contributed by atoms with Gasteiger partial charge in [0.15, 0.2) is 0 Å². The van der Waals surface area contributed by atoms with Crippen LogP contribution < -0.4 is 49.5 Å². The van der Waals surface area contributed by atoms with Crippen molar-refractivity contribution < 1.29 is 53.7 Å². The molecule has 40 heavy (non-hydrogen) atoms. The number of amides is 1. The van der Waals surface area contributed by atoms with Crippen LogP contribution >= 0.6 is 23.2 Å². The second kappa shape index (κ2) is 13.6. The number of aliphatic carboxylic acids is 1. The van der Waals surface area contributed by atoms with Crippen molar-refractivity contribution in [3.05, 3.63) is 112 Å². The predicted octanol–water partition coefficient (Wildman–Crippen LogP) is 3.05. The van der Waals surface area contributed by atoms with Gasteiger partial charge in [-0.15, -0.1) is 0 Å². The van der Waals surface area contributed by atoms with Gasteiger partial charge in [0.2, 0.25) is 0 Å². The van der Waals surface area contributed by atoms with Crippen LogP contribution in [-0.4, -0.2) is 25.0 Å². The minimum absolute atomic E-state index is 0. The first-order valence-electron chi connectivity index (χ1n) is 12.5. The van der Waals surface area contributed by atoms with Gasteiger partial charge in [0.05, 0.1) is 11.6 Å². The van der Waals surface area contributed by atoms with E-state index in [0.29, 0.717) is 52.8 Å². The number of ether oxygens (including phenoxy) is 2. The Balaban J connectivity index is 0.00000370. The van der Waals surface area contributed by atoms with Crippen molar-refractivity contribution >= 4 is 35.1 Å². The maximum atomic E-state index is 12.7. The molecule has 0 radical (unpaired) electrons. The number of benzene rings is 4. The van der Waals surface area contributed by atoms with Gasteiger partial charge in [0.25, 0.3) is 5.91 Å². The zero-order valence-electron chi connectivity index (χ0n) is 21.8. The van der Waals surface area contributed by atoms with Gasteiger partial charge in [-0.25, -0.2) is 0 Å². The summed E-state index contributed by atoms with van der Waals surface area (Å²) in [6.45, 7) is 0.695. The molecular formula is C31H24Cl2NNaO5. The average Bonchev–Trinajstić information content (AvgIpc) is 2.94. The number of carboxylic acid groups (broad SMARTS) is 1. The second-order valence-corrected chi connectivity index (χ2v) is 9.95. The van der Waals surface area contributed by atoms with Crippen LogP contribution in [0.4, 0.5) is 0 Å². The third kappa shape index (κ3) is 7.00. The fraction of sp³-hybridized carbons (Fsp3) is 0.161. The van der Waals surface area contributed by atoms with Crippen LogP contribution in [-0.2, 0) is 11.2 Å². The van der Waals surface area contributed by atoms with Crippen molar-refractivity contribution in [2.75, 3.05) is 13.2 Å². The SMILES string of the molecule is O=C(NCCc1ccc(-c2ccccc2)cc1Cl)c1ccc(Oc2cc3c(cc2Cl)C(C(=O)[O-])CCO3)cc1.[Na+]. The number of fused-ring (bicyclic) bond motifs is 1. The number of carboxylic acids is 1. The van der Waals surface area contributed by atoms with Gasteiger partial charge >= 0.3 is 29.6 Å². The Kier molecular flexibility index (Phi) is 10.2. The Morgan fingerprint density at radius 1 is 0.925 bits per heavy atom. The molecule has 0 bridgehead atoms. The summed E-state index contributed by atoms with van der Waals surface area (Å²) in [5.74, 6) is -0.967. The molecule has 1 aliphatic rings. The Labute approximate surface area is 264 Å². The molecule has 1 unspecified atom stereocenters. The van der Waals surface area contributed by atoms with E-state index in [1.165, 1.54) is 6.07 Å². The third-order valence-corrected chi connectivity index (χ3v) is 7.22. The van der Waals surface area contributed by atoms with Crippen molar-refractivity contribution in [2.45, 2.75) is 18.8 Å². The molecule has 1 heterocycles. The molecule has 1 amide bonds. The smallest absolute Gasteiger partial charge is 0.549 e. The van der Waals surface area contributed by atoms with Gasteiger partial charge in [0.1, 0.15) is 17.2 Å². The molecule has 0 aliphatic carbocycles. The van der Waals surface area contributed by atoms with E-state index in [1.54, 1.807) is 30.3 Å². The van der Waals surface area contributed by atoms with E-state index in [-0.39, 0.29) is 47.1 Å². The number of rotatable bonds is 8. The molecule has 1 aliphatic heterocycles. The number of hydrogen-bond donors (Lipinski definition) is 1. The molecule has 9 heteroatoms. The molecule has 6 nitrogen and oxygen atoms in total. The topological polar surface area (TPSA) is 87.7 Å². The predicted molar refractivity (Wildman–Crippen MR) is 149 cm³/mol. The van der Waals surface area contributed by atoms with Gasteiger partial charge in [-0.3, -0.25) is 4.79 Å². The maximum Gasteiger partial charge on any atom is 1.00 e. The van der Waals surface area contributed by atoms with Crippen molar-refractivity contribution in [2.24, 2.45) is 0 Å². The maximum absolute atomic E-state index is 12.7. The third-order valence-electron chi connectivity index (χ3n) is 6.57. The van der Waals surface area contributed by atoms with Crippen molar-refractivity contribution in [3.63, 3.8) is 0 Å². The molecular weight excluding hydrogens is 560 g/mol. The number of carbonyl (C=O) groups is 2. The van der Waals surface area contributed by atoms with E-state index in [0.717, 1.165) is 16.7 Å². The fourth-order valence-electron chi connectivity index (χ4n) is 4.49. The molecule has 0 aromatic heterocycles. The number of hydrogen-bond acceptors (Lipinski definition) is 5. The summed E-state index contributed by atoms with van der Waals surface area (Å²) in [6, 6.07) is 25.7. The van der Waals surface area contributed by atoms with E-state index in [2.05, 4.69) is 5.32 Å². The molecule has 4 aromatic carbocycles. The van der Waals surface area contributed by atoms with Crippen LogP contribution in [0.3, 0.4) is 0 Å². The summed E-state index contributed by atoms with van der Waals surface area (Å²) in [5, 5.41) is 15.3. The standard InChI is InChI=1S/C31H25Cl2NO5.Na/c32-26-16-22(19-4-2-1-3-5-19)7-6-20(26)12-14-34-30(35)21-8-10-23(11-9-21)39-29-18-28-25(17-27(29)33)24(31(36)37)13-15-38-28;/h1-11,16-18,24H,12-15H2,(H,34,35)(H,36,37);/q;+1/p-1. The molecule has 4 aromatic rings. The first-order chi connectivity index (χ1) is 18.9. The normalized spacial score (nSPS) is 13.8. The van der Waals surface area contributed by atoms with Gasteiger partial charge in [-0.2, -0.15) is 0 Å². The van der Waals surface area contributed by atoms with Crippen LogP contribution in [0.15, 0.2) is 84.9 Å². The zero-order chi connectivity index (χ0) is 27.4. The molecule has 0 saturated heterocycles. The van der Waals surface area contributed by atoms with Crippen LogP contribution in [0, 0.1) is 0 Å². The molecule has 0 fully saturated rings. The quantitative estimate of drug-likeness (QED) is 0.322. The molecule has 0 spiro atoms. The van der Waals surface area contributed by atoms with Crippen LogP contribution in [0.2, 0.25) is 10.0 Å². The summed E-state index contributed by atoms with van der Waals surface area (Å²) >= 11 is 12.8. The van der Waals surface area contributed by atoms with Crippen molar-refractivity contribution in [3.8, 4) is 28.4 Å². The summed E-state index contributed by atoms with van der Waals surface area (Å²) in [4.78, 5) is 24.1. The van der Waals surface area contributed by atoms with Gasteiger partial charge in [-0.05, 0) is 65.9 Å². The average molecular weight is 584 g/mol. The Hall–Kier alpha value is -3.00. The van der Waals surface area contributed by atoms with Gasteiger partial charge < -0.3 is 24.7 Å². The van der Waals surface area contributed by atoms with E-state index in [1.807, 2.05) is 48.5 Å². The second-order valence-electron chi connectivity index (χ2n) is 9.13. The summed E-state index contributed by atoms with van der Waals surface area (Å²) in [7, 11) is 0. The minimum Gasteiger partial charge on any atom is -0.549 e.